The SMILES string of the molecule is CC(C)Oc1cccc(C(O)CNCc2ccsc2)c1. The molecular weight excluding hydrogens is 270 g/mol. The lowest BCUT2D eigenvalue weighted by Gasteiger charge is -2.15. The fraction of sp³-hybridized carbons (Fsp3) is 0.375. The number of thiophene rings is 1. The first-order chi connectivity index (χ1) is 9.65. The smallest absolute Gasteiger partial charge is 0.120 e. The maximum Gasteiger partial charge on any atom is 0.120 e. The average Bonchev–Trinajstić information content (AvgIpc) is 2.91. The van der Waals surface area contributed by atoms with Crippen LogP contribution in [0, 0.1) is 0 Å². The first-order valence-corrected chi connectivity index (χ1v) is 7.76. The van der Waals surface area contributed by atoms with Gasteiger partial charge in [-0.1, -0.05) is 12.1 Å². The molecule has 0 bridgehead atoms. The maximum absolute atomic E-state index is 10.2. The van der Waals surface area contributed by atoms with E-state index in [-0.39, 0.29) is 6.10 Å². The lowest BCUT2D eigenvalue weighted by atomic mass is 10.1. The first-order valence-electron chi connectivity index (χ1n) is 6.81. The van der Waals surface area contributed by atoms with E-state index in [2.05, 4.69) is 22.1 Å². The van der Waals surface area contributed by atoms with Crippen LogP contribution < -0.4 is 10.1 Å². The van der Waals surface area contributed by atoms with Gasteiger partial charge in [-0.05, 0) is 53.9 Å². The summed E-state index contributed by atoms with van der Waals surface area (Å²) in [6, 6.07) is 9.73. The average molecular weight is 291 g/mol. The molecule has 2 N–H and O–H groups in total. The molecule has 1 unspecified atom stereocenters. The molecule has 0 aliphatic rings. The van der Waals surface area contributed by atoms with Gasteiger partial charge >= 0.3 is 0 Å². The van der Waals surface area contributed by atoms with Crippen LogP contribution in [0.1, 0.15) is 31.1 Å². The number of ether oxygens (including phenoxy) is 1. The van der Waals surface area contributed by atoms with Gasteiger partial charge in [-0.15, -0.1) is 0 Å². The number of aliphatic hydroxyl groups excluding tert-OH is 1. The highest BCUT2D eigenvalue weighted by Crippen LogP contribution is 2.20. The van der Waals surface area contributed by atoms with E-state index >= 15 is 0 Å². The molecule has 0 radical (unpaired) electrons. The van der Waals surface area contributed by atoms with Gasteiger partial charge in [0.05, 0.1) is 12.2 Å². The highest BCUT2D eigenvalue weighted by molar-refractivity contribution is 7.07. The summed E-state index contributed by atoms with van der Waals surface area (Å²) in [5.41, 5.74) is 2.13. The van der Waals surface area contributed by atoms with Crippen molar-refractivity contribution in [3.8, 4) is 5.75 Å². The standard InChI is InChI=1S/C16H21NO2S/c1-12(2)19-15-5-3-4-14(8-15)16(18)10-17-9-13-6-7-20-11-13/h3-8,11-12,16-18H,9-10H2,1-2H3. The molecule has 0 spiro atoms. The van der Waals surface area contributed by atoms with Crippen molar-refractivity contribution in [3.05, 3.63) is 52.2 Å². The van der Waals surface area contributed by atoms with E-state index in [4.69, 9.17) is 4.74 Å². The summed E-state index contributed by atoms with van der Waals surface area (Å²) in [5, 5.41) is 17.6. The van der Waals surface area contributed by atoms with E-state index in [1.165, 1.54) is 5.56 Å². The summed E-state index contributed by atoms with van der Waals surface area (Å²) in [6.45, 7) is 5.29. The maximum atomic E-state index is 10.2. The van der Waals surface area contributed by atoms with Gasteiger partial charge < -0.3 is 15.2 Å². The predicted molar refractivity (Wildman–Crippen MR) is 83.2 cm³/mol. The van der Waals surface area contributed by atoms with Crippen molar-refractivity contribution in [1.29, 1.82) is 0 Å². The number of rotatable bonds is 7. The molecular formula is C16H21NO2S. The number of hydrogen-bond acceptors (Lipinski definition) is 4. The quantitative estimate of drug-likeness (QED) is 0.822. The molecule has 4 heteroatoms. The molecule has 2 aromatic rings. The lowest BCUT2D eigenvalue weighted by molar-refractivity contribution is 0.173. The summed E-state index contributed by atoms with van der Waals surface area (Å²) >= 11 is 1.68. The molecule has 20 heavy (non-hydrogen) atoms. The van der Waals surface area contributed by atoms with Crippen molar-refractivity contribution in [1.82, 2.24) is 5.32 Å². The van der Waals surface area contributed by atoms with Crippen LogP contribution in [-0.2, 0) is 6.54 Å². The molecule has 0 fully saturated rings. The Hall–Kier alpha value is -1.36. The van der Waals surface area contributed by atoms with Crippen molar-refractivity contribution >= 4 is 11.3 Å². The molecule has 1 heterocycles. The van der Waals surface area contributed by atoms with Crippen LogP contribution in [-0.4, -0.2) is 17.8 Å². The van der Waals surface area contributed by atoms with E-state index < -0.39 is 6.10 Å². The number of nitrogens with one attached hydrogen (secondary N) is 1. The fourth-order valence-corrected chi connectivity index (χ4v) is 2.60. The van der Waals surface area contributed by atoms with Crippen molar-refractivity contribution in [2.24, 2.45) is 0 Å². The van der Waals surface area contributed by atoms with Crippen LogP contribution in [0.4, 0.5) is 0 Å². The van der Waals surface area contributed by atoms with Crippen LogP contribution in [0.3, 0.4) is 0 Å². The van der Waals surface area contributed by atoms with Crippen LogP contribution in [0.25, 0.3) is 0 Å². The van der Waals surface area contributed by atoms with Gasteiger partial charge in [0.15, 0.2) is 0 Å². The predicted octanol–water partition coefficient (Wildman–Crippen LogP) is 3.36. The number of hydrogen-bond donors (Lipinski definition) is 2. The Labute approximate surface area is 124 Å². The summed E-state index contributed by atoms with van der Waals surface area (Å²) < 4.78 is 5.64. The van der Waals surface area contributed by atoms with E-state index in [1.807, 2.05) is 38.1 Å². The zero-order chi connectivity index (χ0) is 14.4. The second kappa shape index (κ2) is 7.43. The van der Waals surface area contributed by atoms with E-state index in [0.29, 0.717) is 6.54 Å². The van der Waals surface area contributed by atoms with Crippen LogP contribution in [0.5, 0.6) is 5.75 Å². The topological polar surface area (TPSA) is 41.5 Å². The Balaban J connectivity index is 1.86. The zero-order valence-corrected chi connectivity index (χ0v) is 12.7. The van der Waals surface area contributed by atoms with Gasteiger partial charge in [0.1, 0.15) is 5.75 Å². The van der Waals surface area contributed by atoms with Crippen LogP contribution in [0.15, 0.2) is 41.1 Å². The molecule has 0 amide bonds. The normalized spacial score (nSPS) is 12.6. The Bertz CT molecular complexity index is 511. The third-order valence-electron chi connectivity index (χ3n) is 2.86. The second-order valence-corrected chi connectivity index (χ2v) is 5.80. The highest BCUT2D eigenvalue weighted by Gasteiger charge is 2.08. The monoisotopic (exact) mass is 291 g/mol. The minimum absolute atomic E-state index is 0.138. The minimum Gasteiger partial charge on any atom is -0.491 e. The third-order valence-corrected chi connectivity index (χ3v) is 3.59. The molecule has 2 rings (SSSR count). The van der Waals surface area contributed by atoms with Gasteiger partial charge in [-0.3, -0.25) is 0 Å². The number of aliphatic hydroxyl groups is 1. The van der Waals surface area contributed by atoms with Gasteiger partial charge in [0.2, 0.25) is 0 Å². The molecule has 108 valence electrons. The van der Waals surface area contributed by atoms with E-state index in [0.717, 1.165) is 17.9 Å². The lowest BCUT2D eigenvalue weighted by Crippen LogP contribution is -2.20. The van der Waals surface area contributed by atoms with Gasteiger partial charge in [-0.25, -0.2) is 0 Å². The molecule has 1 atom stereocenters. The number of benzene rings is 1. The van der Waals surface area contributed by atoms with Crippen molar-refractivity contribution in [2.75, 3.05) is 6.54 Å². The first kappa shape index (κ1) is 15.0. The molecule has 0 aliphatic carbocycles. The van der Waals surface area contributed by atoms with Crippen LogP contribution >= 0.6 is 11.3 Å². The highest BCUT2D eigenvalue weighted by atomic mass is 32.1. The van der Waals surface area contributed by atoms with Crippen LogP contribution in [0.2, 0.25) is 0 Å². The van der Waals surface area contributed by atoms with Gasteiger partial charge in [0, 0.05) is 13.1 Å². The Morgan fingerprint density at radius 3 is 2.85 bits per heavy atom. The van der Waals surface area contributed by atoms with E-state index in [9.17, 15) is 5.11 Å². The molecule has 1 aromatic carbocycles. The second-order valence-electron chi connectivity index (χ2n) is 5.02. The molecule has 0 aliphatic heterocycles. The van der Waals surface area contributed by atoms with Crippen molar-refractivity contribution < 1.29 is 9.84 Å². The van der Waals surface area contributed by atoms with E-state index in [1.54, 1.807) is 11.3 Å². The third kappa shape index (κ3) is 4.63. The van der Waals surface area contributed by atoms with Crippen molar-refractivity contribution in [3.63, 3.8) is 0 Å². The largest absolute Gasteiger partial charge is 0.491 e. The zero-order valence-electron chi connectivity index (χ0n) is 11.9. The summed E-state index contributed by atoms with van der Waals surface area (Å²) in [6.07, 6.45) is -0.386. The fourth-order valence-electron chi connectivity index (χ4n) is 1.93. The summed E-state index contributed by atoms with van der Waals surface area (Å²) in [5.74, 6) is 0.800. The Morgan fingerprint density at radius 1 is 1.30 bits per heavy atom. The van der Waals surface area contributed by atoms with Gasteiger partial charge in [0.25, 0.3) is 0 Å². The molecule has 0 saturated carbocycles. The van der Waals surface area contributed by atoms with Gasteiger partial charge in [-0.2, -0.15) is 11.3 Å². The minimum atomic E-state index is -0.524. The van der Waals surface area contributed by atoms with Crippen molar-refractivity contribution in [2.45, 2.75) is 32.6 Å². The summed E-state index contributed by atoms with van der Waals surface area (Å²) in [7, 11) is 0. The molecule has 1 aromatic heterocycles. The molecule has 0 saturated heterocycles. The Kier molecular flexibility index (Phi) is 5.59. The molecule has 3 nitrogen and oxygen atoms in total. The summed E-state index contributed by atoms with van der Waals surface area (Å²) in [4.78, 5) is 0. The Morgan fingerprint density at radius 2 is 2.15 bits per heavy atom.